The molecule has 0 aliphatic carbocycles. The van der Waals surface area contributed by atoms with Gasteiger partial charge in [0.1, 0.15) is 0 Å². The number of aryl methyl sites for hydroxylation is 1. The lowest BCUT2D eigenvalue weighted by molar-refractivity contribution is -0.128. The molecule has 1 amide bonds. The molecule has 0 radical (unpaired) electrons. The van der Waals surface area contributed by atoms with E-state index in [2.05, 4.69) is 29.6 Å². The van der Waals surface area contributed by atoms with Crippen molar-refractivity contribution in [2.75, 3.05) is 12.4 Å². The van der Waals surface area contributed by atoms with Gasteiger partial charge in [-0.2, -0.15) is 0 Å². The van der Waals surface area contributed by atoms with Crippen LogP contribution in [0.3, 0.4) is 0 Å². The first kappa shape index (κ1) is 15.0. The van der Waals surface area contributed by atoms with Gasteiger partial charge in [-0.25, -0.2) is 0 Å². The van der Waals surface area contributed by atoms with E-state index in [1.165, 1.54) is 5.56 Å². The third kappa shape index (κ3) is 5.09. The van der Waals surface area contributed by atoms with Crippen molar-refractivity contribution < 1.29 is 4.79 Å². The summed E-state index contributed by atoms with van der Waals surface area (Å²) < 4.78 is 0. The first-order chi connectivity index (χ1) is 8.56. The molecule has 0 aliphatic heterocycles. The van der Waals surface area contributed by atoms with Gasteiger partial charge in [0.25, 0.3) is 0 Å². The largest absolute Gasteiger partial charge is 0.356 e. The molecular formula is C15H22ClNO. The highest BCUT2D eigenvalue weighted by Crippen LogP contribution is 2.16. The zero-order chi connectivity index (χ0) is 13.4. The lowest BCUT2D eigenvalue weighted by Crippen LogP contribution is -2.38. The fourth-order valence-corrected chi connectivity index (χ4v) is 1.72. The second-order valence-electron chi connectivity index (χ2n) is 5.22. The van der Waals surface area contributed by atoms with Crippen molar-refractivity contribution in [1.82, 2.24) is 5.32 Å². The zero-order valence-corrected chi connectivity index (χ0v) is 12.0. The van der Waals surface area contributed by atoms with Crippen LogP contribution in [0.2, 0.25) is 0 Å². The maximum absolute atomic E-state index is 11.7. The minimum atomic E-state index is -0.471. The summed E-state index contributed by atoms with van der Waals surface area (Å²) in [7, 11) is 0. The number of rotatable bonds is 7. The summed E-state index contributed by atoms with van der Waals surface area (Å²) in [5, 5.41) is 2.94. The average molecular weight is 268 g/mol. The minimum absolute atomic E-state index is 0.0391. The molecule has 0 bridgehead atoms. The highest BCUT2D eigenvalue weighted by molar-refractivity contribution is 6.19. The standard InChI is InChI=1S/C15H22ClNO/c1-15(2,12-16)14(18)17-11-7-6-10-13-8-4-3-5-9-13/h3-5,8-9H,6-7,10-12H2,1-2H3,(H,17,18). The van der Waals surface area contributed by atoms with Crippen molar-refractivity contribution in [1.29, 1.82) is 0 Å². The summed E-state index contributed by atoms with van der Waals surface area (Å²) in [4.78, 5) is 11.7. The zero-order valence-electron chi connectivity index (χ0n) is 11.2. The fraction of sp³-hybridized carbons (Fsp3) is 0.533. The molecule has 0 unspecified atom stereocenters. The van der Waals surface area contributed by atoms with Crippen molar-refractivity contribution in [2.45, 2.75) is 33.1 Å². The first-order valence-corrected chi connectivity index (χ1v) is 6.98. The Labute approximate surface area is 115 Å². The SMILES string of the molecule is CC(C)(CCl)C(=O)NCCCCc1ccccc1. The number of hydrogen-bond acceptors (Lipinski definition) is 1. The van der Waals surface area contributed by atoms with E-state index >= 15 is 0 Å². The molecule has 0 atom stereocenters. The van der Waals surface area contributed by atoms with E-state index in [0.29, 0.717) is 5.88 Å². The lowest BCUT2D eigenvalue weighted by atomic mass is 9.95. The summed E-state index contributed by atoms with van der Waals surface area (Å²) in [6.07, 6.45) is 3.15. The second kappa shape index (κ2) is 7.42. The van der Waals surface area contributed by atoms with Crippen LogP contribution in [-0.4, -0.2) is 18.3 Å². The van der Waals surface area contributed by atoms with E-state index in [-0.39, 0.29) is 5.91 Å². The van der Waals surface area contributed by atoms with Crippen LogP contribution in [0.5, 0.6) is 0 Å². The van der Waals surface area contributed by atoms with Gasteiger partial charge in [-0.3, -0.25) is 4.79 Å². The fourth-order valence-electron chi connectivity index (χ4n) is 1.60. The molecule has 1 rings (SSSR count). The lowest BCUT2D eigenvalue weighted by Gasteiger charge is -2.20. The predicted molar refractivity (Wildman–Crippen MR) is 76.9 cm³/mol. The second-order valence-corrected chi connectivity index (χ2v) is 5.48. The van der Waals surface area contributed by atoms with Crippen LogP contribution in [0.1, 0.15) is 32.3 Å². The Morgan fingerprint density at radius 3 is 2.50 bits per heavy atom. The van der Waals surface area contributed by atoms with Crippen LogP contribution in [0, 0.1) is 5.41 Å². The van der Waals surface area contributed by atoms with Crippen LogP contribution in [0.4, 0.5) is 0 Å². The Bertz CT molecular complexity index is 362. The normalized spacial score (nSPS) is 11.3. The monoisotopic (exact) mass is 267 g/mol. The van der Waals surface area contributed by atoms with Gasteiger partial charge < -0.3 is 5.32 Å². The van der Waals surface area contributed by atoms with E-state index in [0.717, 1.165) is 25.8 Å². The number of unbranched alkanes of at least 4 members (excludes halogenated alkanes) is 1. The molecule has 0 aromatic heterocycles. The predicted octanol–water partition coefficient (Wildman–Crippen LogP) is 3.39. The third-order valence-corrected chi connectivity index (χ3v) is 3.64. The summed E-state index contributed by atoms with van der Waals surface area (Å²) in [5.41, 5.74) is 0.881. The number of carbonyl (C=O) groups is 1. The van der Waals surface area contributed by atoms with Gasteiger partial charge >= 0.3 is 0 Å². The summed E-state index contributed by atoms with van der Waals surface area (Å²) in [6, 6.07) is 10.4. The molecule has 1 N–H and O–H groups in total. The van der Waals surface area contributed by atoms with Gasteiger partial charge in [0.2, 0.25) is 5.91 Å². The third-order valence-electron chi connectivity index (χ3n) is 2.97. The van der Waals surface area contributed by atoms with Crippen molar-refractivity contribution >= 4 is 17.5 Å². The maximum Gasteiger partial charge on any atom is 0.226 e. The van der Waals surface area contributed by atoms with Crippen LogP contribution in [-0.2, 0) is 11.2 Å². The first-order valence-electron chi connectivity index (χ1n) is 6.44. The quantitative estimate of drug-likeness (QED) is 0.595. The Hall–Kier alpha value is -1.02. The summed E-state index contributed by atoms with van der Waals surface area (Å²) in [5.74, 6) is 0.389. The Morgan fingerprint density at radius 2 is 1.89 bits per heavy atom. The molecule has 0 aliphatic rings. The van der Waals surface area contributed by atoms with Crippen molar-refractivity contribution in [3.63, 3.8) is 0 Å². The Kier molecular flexibility index (Phi) is 6.20. The molecule has 3 heteroatoms. The van der Waals surface area contributed by atoms with E-state index in [1.807, 2.05) is 19.9 Å². The summed E-state index contributed by atoms with van der Waals surface area (Å²) in [6.45, 7) is 4.45. The molecule has 0 heterocycles. The number of hydrogen-bond donors (Lipinski definition) is 1. The molecule has 0 spiro atoms. The smallest absolute Gasteiger partial charge is 0.226 e. The molecule has 1 aromatic rings. The highest BCUT2D eigenvalue weighted by atomic mass is 35.5. The Morgan fingerprint density at radius 1 is 1.22 bits per heavy atom. The number of benzene rings is 1. The number of halogens is 1. The average Bonchev–Trinajstić information content (AvgIpc) is 2.39. The van der Waals surface area contributed by atoms with Crippen LogP contribution >= 0.6 is 11.6 Å². The van der Waals surface area contributed by atoms with Gasteiger partial charge in [0.05, 0.1) is 5.41 Å². The number of carbonyl (C=O) groups excluding carboxylic acids is 1. The van der Waals surface area contributed by atoms with Crippen molar-refractivity contribution in [3.8, 4) is 0 Å². The van der Waals surface area contributed by atoms with Gasteiger partial charge in [-0.1, -0.05) is 30.3 Å². The van der Waals surface area contributed by atoms with E-state index in [4.69, 9.17) is 11.6 Å². The molecule has 0 saturated carbocycles. The topological polar surface area (TPSA) is 29.1 Å². The summed E-state index contributed by atoms with van der Waals surface area (Å²) >= 11 is 5.75. The number of amides is 1. The molecule has 0 fully saturated rings. The molecule has 0 saturated heterocycles. The van der Waals surface area contributed by atoms with Crippen LogP contribution in [0.15, 0.2) is 30.3 Å². The van der Waals surface area contributed by atoms with Crippen molar-refractivity contribution in [2.24, 2.45) is 5.41 Å². The molecular weight excluding hydrogens is 246 g/mol. The number of alkyl halides is 1. The molecule has 2 nitrogen and oxygen atoms in total. The Balaban J connectivity index is 2.14. The molecule has 100 valence electrons. The minimum Gasteiger partial charge on any atom is -0.356 e. The van der Waals surface area contributed by atoms with Gasteiger partial charge in [-0.15, -0.1) is 11.6 Å². The van der Waals surface area contributed by atoms with E-state index in [9.17, 15) is 4.79 Å². The molecule has 1 aromatic carbocycles. The van der Waals surface area contributed by atoms with Crippen LogP contribution in [0.25, 0.3) is 0 Å². The van der Waals surface area contributed by atoms with Crippen LogP contribution < -0.4 is 5.32 Å². The van der Waals surface area contributed by atoms with E-state index < -0.39 is 5.41 Å². The van der Waals surface area contributed by atoms with Crippen molar-refractivity contribution in [3.05, 3.63) is 35.9 Å². The number of nitrogens with one attached hydrogen (secondary N) is 1. The maximum atomic E-state index is 11.7. The van der Waals surface area contributed by atoms with E-state index in [1.54, 1.807) is 0 Å². The van der Waals surface area contributed by atoms with Gasteiger partial charge in [0.15, 0.2) is 0 Å². The van der Waals surface area contributed by atoms with Gasteiger partial charge in [-0.05, 0) is 38.7 Å². The highest BCUT2D eigenvalue weighted by Gasteiger charge is 2.25. The van der Waals surface area contributed by atoms with Gasteiger partial charge in [0, 0.05) is 12.4 Å². The molecule has 18 heavy (non-hydrogen) atoms.